The lowest BCUT2D eigenvalue weighted by Gasteiger charge is -2.08. The molecule has 1 aromatic heterocycles. The number of nitrogens with one attached hydrogen (secondary N) is 2. The van der Waals surface area contributed by atoms with Gasteiger partial charge in [-0.1, -0.05) is 11.6 Å². The van der Waals surface area contributed by atoms with Crippen LogP contribution in [0.15, 0.2) is 10.8 Å². The van der Waals surface area contributed by atoms with E-state index in [1.165, 1.54) is 18.4 Å². The van der Waals surface area contributed by atoms with Crippen molar-refractivity contribution in [2.24, 2.45) is 0 Å². The van der Waals surface area contributed by atoms with Gasteiger partial charge in [-0.15, -0.1) is 11.3 Å². The molecule has 1 unspecified atom stereocenters. The minimum absolute atomic E-state index is 0.324. The number of hydrogen-bond acceptors (Lipinski definition) is 4. The average molecular weight is 263 g/mol. The monoisotopic (exact) mass is 262 g/mol. The summed E-state index contributed by atoms with van der Waals surface area (Å²) in [5.74, 6) is -0.490. The molecule has 88 valence electrons. The molecule has 1 heterocycles. The molecule has 0 saturated heterocycles. The number of methoxy groups -OCH3 is 1. The van der Waals surface area contributed by atoms with Crippen molar-refractivity contribution in [2.75, 3.05) is 12.4 Å². The number of ether oxygens (including phenoxy) is 1. The molecule has 2 amide bonds. The molecule has 0 radical (unpaired) electrons. The van der Waals surface area contributed by atoms with Gasteiger partial charge in [0.2, 0.25) is 0 Å². The van der Waals surface area contributed by atoms with Crippen LogP contribution in [0.5, 0.6) is 0 Å². The molecule has 1 aromatic rings. The minimum Gasteiger partial charge on any atom is -0.465 e. The van der Waals surface area contributed by atoms with Crippen LogP contribution >= 0.6 is 22.9 Å². The van der Waals surface area contributed by atoms with Crippen molar-refractivity contribution in [3.05, 3.63) is 16.3 Å². The lowest BCUT2D eigenvalue weighted by atomic mass is 10.3. The van der Waals surface area contributed by atoms with Crippen molar-refractivity contribution in [1.82, 2.24) is 5.32 Å². The number of halogens is 1. The highest BCUT2D eigenvalue weighted by molar-refractivity contribution is 7.08. The number of amides is 2. The van der Waals surface area contributed by atoms with Crippen molar-refractivity contribution in [2.45, 2.75) is 12.4 Å². The van der Waals surface area contributed by atoms with E-state index in [2.05, 4.69) is 15.4 Å². The van der Waals surface area contributed by atoms with E-state index in [4.69, 9.17) is 11.6 Å². The second-order valence-electron chi connectivity index (χ2n) is 2.91. The molecule has 0 bridgehead atoms. The number of esters is 1. The molecule has 0 aliphatic carbocycles. The van der Waals surface area contributed by atoms with Gasteiger partial charge in [-0.3, -0.25) is 0 Å². The Hall–Kier alpha value is -1.27. The summed E-state index contributed by atoms with van der Waals surface area (Å²) >= 11 is 6.88. The van der Waals surface area contributed by atoms with Crippen LogP contribution < -0.4 is 10.6 Å². The highest BCUT2D eigenvalue weighted by Crippen LogP contribution is 2.21. The van der Waals surface area contributed by atoms with E-state index in [0.717, 1.165) is 0 Å². The number of urea groups is 1. The average Bonchev–Trinajstić information content (AvgIpc) is 2.63. The van der Waals surface area contributed by atoms with Crippen molar-refractivity contribution >= 4 is 40.6 Å². The molecular formula is C9H11ClN2O3S. The topological polar surface area (TPSA) is 67.4 Å². The van der Waals surface area contributed by atoms with E-state index >= 15 is 0 Å². The van der Waals surface area contributed by atoms with Crippen molar-refractivity contribution in [3.8, 4) is 0 Å². The number of hydrogen-bond donors (Lipinski definition) is 2. The van der Waals surface area contributed by atoms with E-state index in [9.17, 15) is 9.59 Å². The van der Waals surface area contributed by atoms with E-state index in [1.807, 2.05) is 0 Å². The third kappa shape index (κ3) is 3.39. The predicted molar refractivity (Wildman–Crippen MR) is 63.1 cm³/mol. The molecule has 1 rings (SSSR count). The molecule has 0 fully saturated rings. The van der Waals surface area contributed by atoms with E-state index < -0.39 is 17.5 Å². The molecule has 0 aliphatic rings. The van der Waals surface area contributed by atoms with Gasteiger partial charge in [0.25, 0.3) is 0 Å². The fraction of sp³-hybridized carbons (Fsp3) is 0.333. The molecule has 7 heteroatoms. The zero-order chi connectivity index (χ0) is 12.1. The third-order valence-corrected chi connectivity index (χ3v) is 2.50. The van der Waals surface area contributed by atoms with E-state index in [1.54, 1.807) is 17.7 Å². The van der Waals surface area contributed by atoms with Gasteiger partial charge < -0.3 is 15.4 Å². The van der Waals surface area contributed by atoms with Gasteiger partial charge in [-0.05, 0) is 6.92 Å². The van der Waals surface area contributed by atoms with Gasteiger partial charge in [0, 0.05) is 10.8 Å². The maximum Gasteiger partial charge on any atom is 0.340 e. The Labute approximate surface area is 102 Å². The lowest BCUT2D eigenvalue weighted by Crippen LogP contribution is -2.33. The summed E-state index contributed by atoms with van der Waals surface area (Å²) in [7, 11) is 1.28. The maximum absolute atomic E-state index is 11.3. The van der Waals surface area contributed by atoms with Crippen LogP contribution in [0, 0.1) is 0 Å². The van der Waals surface area contributed by atoms with Gasteiger partial charge >= 0.3 is 12.0 Å². The zero-order valence-electron chi connectivity index (χ0n) is 8.74. The minimum atomic E-state index is -0.490. The Balaban J connectivity index is 2.70. The summed E-state index contributed by atoms with van der Waals surface area (Å²) in [6.45, 7) is 1.62. The van der Waals surface area contributed by atoms with Crippen LogP contribution in [-0.2, 0) is 4.74 Å². The molecule has 5 nitrogen and oxygen atoms in total. The quantitative estimate of drug-likeness (QED) is 0.499. The first-order valence-corrected chi connectivity index (χ1v) is 5.78. The van der Waals surface area contributed by atoms with Crippen molar-refractivity contribution < 1.29 is 14.3 Å². The Morgan fingerprint density at radius 2 is 2.19 bits per heavy atom. The molecule has 2 N–H and O–H groups in total. The van der Waals surface area contributed by atoms with Crippen LogP contribution in [0.2, 0.25) is 0 Å². The molecule has 0 aliphatic heterocycles. The number of carbonyl (C=O) groups is 2. The first-order valence-electron chi connectivity index (χ1n) is 4.40. The van der Waals surface area contributed by atoms with Gasteiger partial charge in [0.1, 0.15) is 5.50 Å². The summed E-state index contributed by atoms with van der Waals surface area (Å²) in [5.41, 5.74) is 0.247. The van der Waals surface area contributed by atoms with Crippen LogP contribution in [0.1, 0.15) is 17.3 Å². The molecule has 1 atom stereocenters. The Morgan fingerprint density at radius 1 is 1.50 bits per heavy atom. The second-order valence-corrected chi connectivity index (χ2v) is 4.30. The number of thiophene rings is 1. The third-order valence-electron chi connectivity index (χ3n) is 1.65. The van der Waals surface area contributed by atoms with Crippen LogP contribution in [0.25, 0.3) is 0 Å². The van der Waals surface area contributed by atoms with Gasteiger partial charge in [-0.2, -0.15) is 0 Å². The van der Waals surface area contributed by atoms with Crippen LogP contribution in [-0.4, -0.2) is 24.6 Å². The van der Waals surface area contributed by atoms with Crippen molar-refractivity contribution in [3.63, 3.8) is 0 Å². The highest BCUT2D eigenvalue weighted by atomic mass is 35.5. The Kier molecular flexibility index (Phi) is 4.57. The molecule has 16 heavy (non-hydrogen) atoms. The Bertz CT molecular complexity index is 392. The molecule has 0 aromatic carbocycles. The number of rotatable bonds is 3. The normalized spacial score (nSPS) is 11.7. The maximum atomic E-state index is 11.3. The summed E-state index contributed by atoms with van der Waals surface area (Å²) in [6.07, 6.45) is 0. The first-order chi connectivity index (χ1) is 7.54. The number of carbonyl (C=O) groups excluding carboxylic acids is 2. The fourth-order valence-corrected chi connectivity index (χ4v) is 1.85. The summed E-state index contributed by atoms with van der Waals surface area (Å²) in [5, 5.41) is 8.19. The van der Waals surface area contributed by atoms with Gasteiger partial charge in [-0.25, -0.2) is 9.59 Å². The van der Waals surface area contributed by atoms with Gasteiger partial charge in [0.15, 0.2) is 0 Å². The van der Waals surface area contributed by atoms with Crippen LogP contribution in [0.3, 0.4) is 0 Å². The fourth-order valence-electron chi connectivity index (χ4n) is 1.00. The van der Waals surface area contributed by atoms with Crippen LogP contribution in [0.4, 0.5) is 10.5 Å². The second kappa shape index (κ2) is 5.72. The molecule has 0 saturated carbocycles. The van der Waals surface area contributed by atoms with E-state index in [-0.39, 0.29) is 0 Å². The SMILES string of the molecule is COC(=O)c1cscc1NC(=O)NC(C)Cl. The molecule has 0 spiro atoms. The summed E-state index contributed by atoms with van der Waals surface area (Å²) in [4.78, 5) is 22.6. The number of alkyl halides is 1. The highest BCUT2D eigenvalue weighted by Gasteiger charge is 2.15. The predicted octanol–water partition coefficient (Wildman–Crippen LogP) is 2.24. The molecular weight excluding hydrogens is 252 g/mol. The van der Waals surface area contributed by atoms with Crippen molar-refractivity contribution in [1.29, 1.82) is 0 Å². The zero-order valence-corrected chi connectivity index (χ0v) is 10.3. The van der Waals surface area contributed by atoms with Gasteiger partial charge in [0.05, 0.1) is 18.4 Å². The summed E-state index contributed by atoms with van der Waals surface area (Å²) < 4.78 is 4.57. The first kappa shape index (κ1) is 12.8. The number of anilines is 1. The standard InChI is InChI=1S/C9H11ClN2O3S/c1-5(10)11-9(14)12-7-4-16-3-6(7)8(13)15-2/h3-5H,1-2H3,(H2,11,12,14). The summed E-state index contributed by atoms with van der Waals surface area (Å²) in [6, 6.07) is -0.467. The Morgan fingerprint density at radius 3 is 2.75 bits per heavy atom. The smallest absolute Gasteiger partial charge is 0.340 e. The van der Waals surface area contributed by atoms with E-state index in [0.29, 0.717) is 11.3 Å². The lowest BCUT2D eigenvalue weighted by molar-refractivity contribution is 0.0602. The largest absolute Gasteiger partial charge is 0.465 e.